The number of amides is 2. The topological polar surface area (TPSA) is 116 Å². The van der Waals surface area contributed by atoms with Crippen molar-refractivity contribution in [2.24, 2.45) is 5.41 Å². The molecule has 0 radical (unpaired) electrons. The average molecular weight is 356 g/mol. The van der Waals surface area contributed by atoms with Gasteiger partial charge < -0.3 is 20.8 Å². The maximum absolute atomic E-state index is 11.7. The fraction of sp³-hybridized carbons (Fsp3) is 0.562. The third kappa shape index (κ3) is 6.38. The van der Waals surface area contributed by atoms with Crippen LogP contribution in [0.3, 0.4) is 0 Å². The summed E-state index contributed by atoms with van der Waals surface area (Å²) in [6.45, 7) is 3.06. The van der Waals surface area contributed by atoms with Crippen LogP contribution in [-0.4, -0.2) is 53.6 Å². The summed E-state index contributed by atoms with van der Waals surface area (Å²) in [7, 11) is 0. The smallest absolute Gasteiger partial charge is 0.287 e. The molecule has 1 heterocycles. The fourth-order valence-corrected chi connectivity index (χ4v) is 2.51. The Hall–Kier alpha value is -1.77. The lowest BCUT2D eigenvalue weighted by molar-refractivity contribution is -0.139. The number of ketones is 1. The summed E-state index contributed by atoms with van der Waals surface area (Å²) in [5.74, 6) is -1.99. The van der Waals surface area contributed by atoms with Gasteiger partial charge in [0.05, 0.1) is 6.61 Å². The molecule has 1 aromatic rings. The number of nitrogens with one attached hydrogen (secondary N) is 2. The van der Waals surface area contributed by atoms with E-state index in [1.807, 2.05) is 17.5 Å². The first-order valence-corrected chi connectivity index (χ1v) is 8.56. The molecule has 4 N–H and O–H groups in total. The van der Waals surface area contributed by atoms with Crippen LogP contribution in [0.2, 0.25) is 0 Å². The molecule has 0 fully saturated rings. The average Bonchev–Trinajstić information content (AvgIpc) is 3.06. The second-order valence-electron chi connectivity index (χ2n) is 6.10. The second kappa shape index (κ2) is 9.51. The van der Waals surface area contributed by atoms with Crippen LogP contribution in [0.5, 0.6) is 0 Å². The first-order valence-electron chi connectivity index (χ1n) is 7.68. The lowest BCUT2D eigenvalue weighted by Crippen LogP contribution is -2.46. The van der Waals surface area contributed by atoms with E-state index in [1.54, 1.807) is 25.2 Å². The van der Waals surface area contributed by atoms with E-state index < -0.39 is 29.1 Å². The number of carbonyl (C=O) groups is 3. The second-order valence-corrected chi connectivity index (χ2v) is 7.13. The summed E-state index contributed by atoms with van der Waals surface area (Å²) < 4.78 is 0. The Morgan fingerprint density at radius 3 is 2.54 bits per heavy atom. The molecule has 0 unspecified atom stereocenters. The Morgan fingerprint density at radius 1 is 1.25 bits per heavy atom. The van der Waals surface area contributed by atoms with Crippen molar-refractivity contribution >= 4 is 28.9 Å². The lowest BCUT2D eigenvalue weighted by Gasteiger charge is -2.27. The van der Waals surface area contributed by atoms with E-state index in [2.05, 4.69) is 10.6 Å². The van der Waals surface area contributed by atoms with Crippen molar-refractivity contribution in [3.8, 4) is 0 Å². The Morgan fingerprint density at radius 2 is 1.96 bits per heavy atom. The quantitative estimate of drug-likeness (QED) is 0.436. The summed E-state index contributed by atoms with van der Waals surface area (Å²) in [6.07, 6.45) is -0.879. The highest BCUT2D eigenvalue weighted by Crippen LogP contribution is 2.19. The first-order chi connectivity index (χ1) is 11.3. The highest BCUT2D eigenvalue weighted by molar-refractivity contribution is 7.09. The fourth-order valence-electron chi connectivity index (χ4n) is 1.80. The zero-order valence-corrected chi connectivity index (χ0v) is 14.7. The number of carbonyl (C=O) groups excluding carboxylic acids is 3. The molecule has 2 amide bonds. The Kier molecular flexibility index (Phi) is 8.03. The Bertz CT molecular complexity index is 557. The molecule has 0 aliphatic heterocycles. The zero-order chi connectivity index (χ0) is 18.2. The maximum atomic E-state index is 11.7. The molecule has 8 heteroatoms. The van der Waals surface area contributed by atoms with Gasteiger partial charge >= 0.3 is 0 Å². The molecular formula is C16H24N2O5S. The van der Waals surface area contributed by atoms with Gasteiger partial charge in [-0.15, -0.1) is 11.3 Å². The summed E-state index contributed by atoms with van der Waals surface area (Å²) in [5, 5.41) is 25.8. The van der Waals surface area contributed by atoms with E-state index in [4.69, 9.17) is 5.11 Å². The molecule has 1 aromatic heterocycles. The minimum atomic E-state index is -1.39. The lowest BCUT2D eigenvalue weighted by atomic mass is 9.87. The minimum Gasteiger partial charge on any atom is -0.396 e. The normalized spacial score (nSPS) is 12.5. The van der Waals surface area contributed by atoms with Gasteiger partial charge in [0.1, 0.15) is 6.10 Å². The third-order valence-corrected chi connectivity index (χ3v) is 4.47. The van der Waals surface area contributed by atoms with Crippen molar-refractivity contribution in [1.82, 2.24) is 10.6 Å². The van der Waals surface area contributed by atoms with E-state index in [0.29, 0.717) is 13.0 Å². The summed E-state index contributed by atoms with van der Waals surface area (Å²) in [6, 6.07) is 3.87. The number of aliphatic hydroxyl groups excluding tert-OH is 2. The Balaban J connectivity index is 2.25. The monoisotopic (exact) mass is 356 g/mol. The van der Waals surface area contributed by atoms with Crippen LogP contribution in [-0.2, 0) is 20.8 Å². The molecule has 7 nitrogen and oxygen atoms in total. The maximum Gasteiger partial charge on any atom is 0.287 e. The molecule has 0 aliphatic carbocycles. The summed E-state index contributed by atoms with van der Waals surface area (Å²) >= 11 is 1.58. The highest BCUT2D eigenvalue weighted by Gasteiger charge is 2.32. The largest absolute Gasteiger partial charge is 0.396 e. The summed E-state index contributed by atoms with van der Waals surface area (Å²) in [4.78, 5) is 36.2. The molecular weight excluding hydrogens is 332 g/mol. The summed E-state index contributed by atoms with van der Waals surface area (Å²) in [5.41, 5.74) is -0.979. The zero-order valence-electron chi connectivity index (χ0n) is 13.9. The van der Waals surface area contributed by atoms with Gasteiger partial charge in [-0.2, -0.15) is 0 Å². The van der Waals surface area contributed by atoms with Crippen molar-refractivity contribution in [1.29, 1.82) is 0 Å². The van der Waals surface area contributed by atoms with E-state index in [0.717, 1.165) is 4.88 Å². The van der Waals surface area contributed by atoms with Crippen LogP contribution < -0.4 is 10.6 Å². The van der Waals surface area contributed by atoms with Crippen LogP contribution in [0, 0.1) is 5.41 Å². The van der Waals surface area contributed by atoms with Crippen molar-refractivity contribution in [3.05, 3.63) is 22.4 Å². The molecule has 0 aliphatic rings. The number of Topliss-reactive ketones (excluding diaryl/α,β-unsaturated/α-hetero) is 1. The minimum absolute atomic E-state index is 0.0470. The van der Waals surface area contributed by atoms with E-state index in [-0.39, 0.29) is 19.6 Å². The van der Waals surface area contributed by atoms with Crippen molar-refractivity contribution < 1.29 is 24.6 Å². The van der Waals surface area contributed by atoms with Crippen LogP contribution in [0.25, 0.3) is 0 Å². The number of hydrogen-bond acceptors (Lipinski definition) is 6. The molecule has 0 saturated carbocycles. The van der Waals surface area contributed by atoms with Crippen molar-refractivity contribution in [2.45, 2.75) is 32.8 Å². The SMILES string of the molecule is CC(C)(CO)[C@@H](O)C(=O)NCCC(=O)C(=O)NCCc1cccs1. The van der Waals surface area contributed by atoms with E-state index >= 15 is 0 Å². The molecule has 0 aromatic carbocycles. The van der Waals surface area contributed by atoms with Crippen LogP contribution in [0.4, 0.5) is 0 Å². The first kappa shape index (κ1) is 20.3. The molecule has 0 saturated heterocycles. The van der Waals surface area contributed by atoms with Gasteiger partial charge in [0.15, 0.2) is 0 Å². The number of aliphatic hydroxyl groups is 2. The van der Waals surface area contributed by atoms with Gasteiger partial charge in [-0.3, -0.25) is 14.4 Å². The highest BCUT2D eigenvalue weighted by atomic mass is 32.1. The molecule has 0 spiro atoms. The van der Waals surface area contributed by atoms with Crippen molar-refractivity contribution in [3.63, 3.8) is 0 Å². The van der Waals surface area contributed by atoms with Gasteiger partial charge in [0.2, 0.25) is 11.7 Å². The van der Waals surface area contributed by atoms with Gasteiger partial charge in [-0.05, 0) is 17.9 Å². The van der Waals surface area contributed by atoms with E-state index in [9.17, 15) is 19.5 Å². The molecule has 1 rings (SSSR count). The van der Waals surface area contributed by atoms with Crippen molar-refractivity contribution in [2.75, 3.05) is 19.7 Å². The molecule has 0 bridgehead atoms. The van der Waals surface area contributed by atoms with Crippen LogP contribution in [0.15, 0.2) is 17.5 Å². The van der Waals surface area contributed by atoms with Gasteiger partial charge in [0.25, 0.3) is 5.91 Å². The van der Waals surface area contributed by atoms with Gasteiger partial charge in [0, 0.05) is 29.8 Å². The predicted molar refractivity (Wildman–Crippen MR) is 90.5 cm³/mol. The molecule has 1 atom stereocenters. The Labute approximate surface area is 145 Å². The molecule has 24 heavy (non-hydrogen) atoms. The number of rotatable bonds is 10. The van der Waals surface area contributed by atoms with Crippen LogP contribution >= 0.6 is 11.3 Å². The molecule has 134 valence electrons. The van der Waals surface area contributed by atoms with Gasteiger partial charge in [-0.25, -0.2) is 0 Å². The van der Waals surface area contributed by atoms with Gasteiger partial charge in [-0.1, -0.05) is 19.9 Å². The van der Waals surface area contributed by atoms with Crippen LogP contribution in [0.1, 0.15) is 25.1 Å². The van der Waals surface area contributed by atoms with E-state index in [1.165, 1.54) is 0 Å². The number of hydrogen-bond donors (Lipinski definition) is 4. The third-order valence-electron chi connectivity index (χ3n) is 3.54. The standard InChI is InChI=1S/C16H24N2O5S/c1-16(2,10-19)13(21)15(23)18-8-6-12(20)14(22)17-7-5-11-4-3-9-24-11/h3-4,9,13,19,21H,5-8,10H2,1-2H3,(H,17,22)(H,18,23)/t13-/m0/s1. The predicted octanol–water partition coefficient (Wildman–Crippen LogP) is -0.138. The number of thiophene rings is 1.